The van der Waals surface area contributed by atoms with Crippen LogP contribution >= 0.6 is 0 Å². The number of carbonyl (C=O) groups excluding carboxylic acids is 1. The van der Waals surface area contributed by atoms with E-state index in [-0.39, 0.29) is 23.6 Å². The van der Waals surface area contributed by atoms with E-state index in [4.69, 9.17) is 5.11 Å². The normalized spacial score (nSPS) is 10.5. The van der Waals surface area contributed by atoms with E-state index < -0.39 is 23.2 Å². The van der Waals surface area contributed by atoms with Gasteiger partial charge in [0, 0.05) is 31.4 Å². The average molecular weight is 309 g/mol. The van der Waals surface area contributed by atoms with Gasteiger partial charge in [0.15, 0.2) is 11.6 Å². The molecule has 0 spiro atoms. The number of rotatable bonds is 4. The Morgan fingerprint density at radius 1 is 1.27 bits per heavy atom. The first-order chi connectivity index (χ1) is 10.3. The second kappa shape index (κ2) is 5.92. The standard InChI is InChI=1S/C14H13F2N3O3/c1-18(2)11(20)7-19-6-8(5-17-19)9-3-4-10(14(21)22)13(16)12(9)15/h3-6H,7H2,1-2H3,(H,21,22). The van der Waals surface area contributed by atoms with Crippen molar-refractivity contribution in [1.82, 2.24) is 14.7 Å². The highest BCUT2D eigenvalue weighted by Gasteiger charge is 2.19. The van der Waals surface area contributed by atoms with E-state index >= 15 is 0 Å². The van der Waals surface area contributed by atoms with Crippen molar-refractivity contribution in [3.05, 3.63) is 41.7 Å². The van der Waals surface area contributed by atoms with Crippen LogP contribution in [0.2, 0.25) is 0 Å². The van der Waals surface area contributed by atoms with E-state index in [1.54, 1.807) is 14.1 Å². The number of likely N-dealkylation sites (N-methyl/N-ethyl adjacent to an activating group) is 1. The first-order valence-corrected chi connectivity index (χ1v) is 6.25. The third-order valence-electron chi connectivity index (χ3n) is 3.05. The van der Waals surface area contributed by atoms with Crippen LogP contribution in [-0.4, -0.2) is 45.8 Å². The summed E-state index contributed by atoms with van der Waals surface area (Å²) in [5.41, 5.74) is -0.609. The molecule has 0 saturated heterocycles. The van der Waals surface area contributed by atoms with Gasteiger partial charge in [-0.05, 0) is 6.07 Å². The second-order valence-electron chi connectivity index (χ2n) is 4.81. The van der Waals surface area contributed by atoms with Crippen molar-refractivity contribution >= 4 is 11.9 Å². The zero-order valence-corrected chi connectivity index (χ0v) is 11.9. The number of halogens is 2. The van der Waals surface area contributed by atoms with Crippen LogP contribution in [0.4, 0.5) is 8.78 Å². The van der Waals surface area contributed by atoms with Crippen molar-refractivity contribution in [2.75, 3.05) is 14.1 Å². The quantitative estimate of drug-likeness (QED) is 0.931. The minimum Gasteiger partial charge on any atom is -0.478 e. The molecule has 8 heteroatoms. The summed E-state index contributed by atoms with van der Waals surface area (Å²) in [6.07, 6.45) is 2.67. The number of carboxylic acid groups (broad SMARTS) is 1. The molecule has 0 radical (unpaired) electrons. The lowest BCUT2D eigenvalue weighted by atomic mass is 10.1. The molecule has 1 amide bonds. The Kier molecular flexibility index (Phi) is 4.20. The van der Waals surface area contributed by atoms with Gasteiger partial charge in [0.2, 0.25) is 5.91 Å². The van der Waals surface area contributed by atoms with Gasteiger partial charge in [-0.25, -0.2) is 13.6 Å². The Balaban J connectivity index is 2.34. The predicted octanol–water partition coefficient (Wildman–Crippen LogP) is 1.61. The fraction of sp³-hybridized carbons (Fsp3) is 0.214. The van der Waals surface area contributed by atoms with Gasteiger partial charge in [-0.15, -0.1) is 0 Å². The Morgan fingerprint density at radius 2 is 1.95 bits per heavy atom. The van der Waals surface area contributed by atoms with Gasteiger partial charge in [-0.1, -0.05) is 6.07 Å². The Bertz CT molecular complexity index is 741. The lowest BCUT2D eigenvalue weighted by Crippen LogP contribution is -2.26. The zero-order valence-electron chi connectivity index (χ0n) is 11.9. The van der Waals surface area contributed by atoms with E-state index in [0.717, 1.165) is 12.1 Å². The molecule has 0 aliphatic carbocycles. The molecule has 0 saturated carbocycles. The predicted molar refractivity (Wildman–Crippen MR) is 73.2 cm³/mol. The van der Waals surface area contributed by atoms with Crippen LogP contribution in [0.3, 0.4) is 0 Å². The minimum atomic E-state index is -1.55. The summed E-state index contributed by atoms with van der Waals surface area (Å²) in [4.78, 5) is 23.7. The number of aromatic carboxylic acids is 1. The van der Waals surface area contributed by atoms with Crippen molar-refractivity contribution in [3.63, 3.8) is 0 Å². The van der Waals surface area contributed by atoms with Gasteiger partial charge in [0.1, 0.15) is 6.54 Å². The summed E-state index contributed by atoms with van der Waals surface area (Å²) in [7, 11) is 3.18. The van der Waals surface area contributed by atoms with Crippen LogP contribution in [-0.2, 0) is 11.3 Å². The summed E-state index contributed by atoms with van der Waals surface area (Å²) >= 11 is 0. The van der Waals surface area contributed by atoms with Crippen LogP contribution < -0.4 is 0 Å². The molecular weight excluding hydrogens is 296 g/mol. The topological polar surface area (TPSA) is 75.4 Å². The molecule has 0 bridgehead atoms. The van der Waals surface area contributed by atoms with Crippen LogP contribution in [0.1, 0.15) is 10.4 Å². The molecule has 0 unspecified atom stereocenters. The third-order valence-corrected chi connectivity index (χ3v) is 3.05. The minimum absolute atomic E-state index is 0.0374. The Hall–Kier alpha value is -2.77. The number of hydrogen-bond donors (Lipinski definition) is 1. The molecule has 2 aromatic rings. The number of carbonyl (C=O) groups is 2. The summed E-state index contributed by atoms with van der Waals surface area (Å²) in [5.74, 6) is -4.45. The smallest absolute Gasteiger partial charge is 0.338 e. The van der Waals surface area contributed by atoms with E-state index in [9.17, 15) is 18.4 Å². The van der Waals surface area contributed by atoms with Crippen molar-refractivity contribution in [1.29, 1.82) is 0 Å². The van der Waals surface area contributed by atoms with Gasteiger partial charge in [-0.3, -0.25) is 9.48 Å². The molecule has 22 heavy (non-hydrogen) atoms. The van der Waals surface area contributed by atoms with Gasteiger partial charge in [0.05, 0.1) is 11.8 Å². The molecule has 1 aromatic carbocycles. The van der Waals surface area contributed by atoms with Gasteiger partial charge in [-0.2, -0.15) is 5.10 Å². The maximum absolute atomic E-state index is 14.0. The molecule has 1 aromatic heterocycles. The Morgan fingerprint density at radius 3 is 2.55 bits per heavy atom. The van der Waals surface area contributed by atoms with E-state index in [1.807, 2.05) is 0 Å². The molecule has 0 aliphatic rings. The lowest BCUT2D eigenvalue weighted by Gasteiger charge is -2.09. The van der Waals surface area contributed by atoms with E-state index in [0.29, 0.717) is 0 Å². The monoisotopic (exact) mass is 309 g/mol. The molecule has 6 nitrogen and oxygen atoms in total. The average Bonchev–Trinajstić information content (AvgIpc) is 2.89. The zero-order chi connectivity index (χ0) is 16.4. The highest BCUT2D eigenvalue weighted by Crippen LogP contribution is 2.26. The number of benzene rings is 1. The molecule has 0 fully saturated rings. The summed E-state index contributed by atoms with van der Waals surface area (Å²) in [5, 5.41) is 12.6. The fourth-order valence-corrected chi connectivity index (χ4v) is 1.81. The SMILES string of the molecule is CN(C)C(=O)Cn1cc(-c2ccc(C(=O)O)c(F)c2F)cn1. The number of nitrogens with zero attached hydrogens (tertiary/aromatic N) is 3. The molecule has 0 atom stereocenters. The lowest BCUT2D eigenvalue weighted by molar-refractivity contribution is -0.129. The first-order valence-electron chi connectivity index (χ1n) is 6.25. The van der Waals surface area contributed by atoms with Crippen LogP contribution in [0.15, 0.2) is 24.5 Å². The van der Waals surface area contributed by atoms with Crippen LogP contribution in [0, 0.1) is 11.6 Å². The maximum atomic E-state index is 14.0. The molecule has 1 heterocycles. The number of hydrogen-bond acceptors (Lipinski definition) is 3. The van der Waals surface area contributed by atoms with Crippen molar-refractivity contribution in [2.24, 2.45) is 0 Å². The molecule has 0 aliphatic heterocycles. The summed E-state index contributed by atoms with van der Waals surface area (Å²) in [6, 6.07) is 2.15. The summed E-state index contributed by atoms with van der Waals surface area (Å²) < 4.78 is 28.9. The molecule has 116 valence electrons. The van der Waals surface area contributed by atoms with E-state index in [2.05, 4.69) is 5.10 Å². The second-order valence-corrected chi connectivity index (χ2v) is 4.81. The van der Waals surface area contributed by atoms with Crippen molar-refractivity contribution < 1.29 is 23.5 Å². The van der Waals surface area contributed by atoms with Crippen molar-refractivity contribution in [2.45, 2.75) is 6.54 Å². The highest BCUT2D eigenvalue weighted by molar-refractivity contribution is 5.88. The van der Waals surface area contributed by atoms with Gasteiger partial charge in [0.25, 0.3) is 0 Å². The van der Waals surface area contributed by atoms with Crippen LogP contribution in [0.25, 0.3) is 11.1 Å². The maximum Gasteiger partial charge on any atom is 0.338 e. The number of amides is 1. The van der Waals surface area contributed by atoms with Gasteiger partial charge < -0.3 is 10.0 Å². The molecule has 1 N–H and O–H groups in total. The molecule has 2 rings (SSSR count). The van der Waals surface area contributed by atoms with Crippen molar-refractivity contribution in [3.8, 4) is 11.1 Å². The number of aromatic nitrogens is 2. The third kappa shape index (κ3) is 2.95. The largest absolute Gasteiger partial charge is 0.478 e. The fourth-order valence-electron chi connectivity index (χ4n) is 1.81. The highest BCUT2D eigenvalue weighted by atomic mass is 19.2. The Labute approximate surface area is 124 Å². The molecular formula is C14H13F2N3O3. The van der Waals surface area contributed by atoms with Gasteiger partial charge >= 0.3 is 5.97 Å². The van der Waals surface area contributed by atoms with Crippen LogP contribution in [0.5, 0.6) is 0 Å². The first kappa shape index (κ1) is 15.6. The van der Waals surface area contributed by atoms with E-state index in [1.165, 1.54) is 22.0 Å². The summed E-state index contributed by atoms with van der Waals surface area (Å²) in [6.45, 7) is -0.0374. The number of carboxylic acids is 1.